The lowest BCUT2D eigenvalue weighted by atomic mass is 10.1. The molecule has 0 aromatic carbocycles. The molecule has 0 fully saturated rings. The Bertz CT molecular complexity index is 192. The Morgan fingerprint density at radius 1 is 0.320 bits per heavy atom. The standard InChI is InChI=1S/C24H52Si/c1-3-5-7-9-11-13-15-17-19-21-23-25-24-22-20-18-16-14-12-10-8-6-4-2/h3-25H2,1-2H3. The summed E-state index contributed by atoms with van der Waals surface area (Å²) < 4.78 is 0. The molecule has 0 aromatic heterocycles. The normalized spacial score (nSPS) is 11.3. The third kappa shape index (κ3) is 24.2. The highest BCUT2D eigenvalue weighted by Gasteiger charge is 1.95. The minimum absolute atomic E-state index is 0.304. The summed E-state index contributed by atoms with van der Waals surface area (Å²) in [5, 5.41) is 0. The Morgan fingerprint density at radius 2 is 0.560 bits per heavy atom. The molecular formula is C24H52Si. The fraction of sp³-hybridized carbons (Fsp3) is 1.00. The molecule has 0 rings (SSSR count). The summed E-state index contributed by atoms with van der Waals surface area (Å²) in [6, 6.07) is 3.27. The smallest absolute Gasteiger partial charge is 0.0197 e. The van der Waals surface area contributed by atoms with Gasteiger partial charge in [-0.05, 0) is 0 Å². The van der Waals surface area contributed by atoms with Gasteiger partial charge in [-0.1, -0.05) is 154 Å². The third-order valence-corrected chi connectivity index (χ3v) is 7.71. The Kier molecular flexibility index (Phi) is 24.4. The second-order valence-corrected chi connectivity index (χ2v) is 10.5. The number of unbranched alkanes of at least 4 members (excludes halogenated alkanes) is 18. The van der Waals surface area contributed by atoms with Gasteiger partial charge >= 0.3 is 0 Å². The second kappa shape index (κ2) is 24.2. The van der Waals surface area contributed by atoms with E-state index in [9.17, 15) is 0 Å². The quantitative estimate of drug-likeness (QED) is 0.132. The Labute approximate surface area is 164 Å². The summed E-state index contributed by atoms with van der Waals surface area (Å²) in [4.78, 5) is 0. The van der Waals surface area contributed by atoms with Crippen molar-refractivity contribution in [2.45, 2.75) is 154 Å². The maximum Gasteiger partial charge on any atom is 0.0197 e. The molecule has 0 radical (unpaired) electrons. The zero-order valence-electron chi connectivity index (χ0n) is 18.3. The van der Waals surface area contributed by atoms with E-state index >= 15 is 0 Å². The van der Waals surface area contributed by atoms with Crippen LogP contribution in [-0.4, -0.2) is 9.52 Å². The predicted octanol–water partition coefficient (Wildman–Crippen LogP) is 8.83. The van der Waals surface area contributed by atoms with E-state index in [-0.39, 0.29) is 0 Å². The van der Waals surface area contributed by atoms with Crippen molar-refractivity contribution in [1.29, 1.82) is 0 Å². The molecule has 152 valence electrons. The van der Waals surface area contributed by atoms with Crippen molar-refractivity contribution in [3.05, 3.63) is 0 Å². The van der Waals surface area contributed by atoms with E-state index in [2.05, 4.69) is 13.8 Å². The second-order valence-electron chi connectivity index (χ2n) is 8.42. The van der Waals surface area contributed by atoms with Crippen LogP contribution in [-0.2, 0) is 0 Å². The lowest BCUT2D eigenvalue weighted by Gasteiger charge is -2.03. The van der Waals surface area contributed by atoms with Crippen LogP contribution in [0.5, 0.6) is 0 Å². The average Bonchev–Trinajstić information content (AvgIpc) is 2.63. The van der Waals surface area contributed by atoms with Gasteiger partial charge in [0.2, 0.25) is 0 Å². The molecule has 0 saturated carbocycles. The first-order chi connectivity index (χ1) is 12.4. The van der Waals surface area contributed by atoms with Crippen LogP contribution in [0, 0.1) is 0 Å². The maximum absolute atomic E-state index is 2.31. The highest BCUT2D eigenvalue weighted by Crippen LogP contribution is 2.13. The summed E-state index contributed by atoms with van der Waals surface area (Å²) in [7, 11) is 0.304. The van der Waals surface area contributed by atoms with Gasteiger partial charge in [-0.25, -0.2) is 0 Å². The van der Waals surface area contributed by atoms with Crippen LogP contribution in [0.25, 0.3) is 0 Å². The molecule has 0 atom stereocenters. The molecule has 0 nitrogen and oxygen atoms in total. The average molecular weight is 369 g/mol. The van der Waals surface area contributed by atoms with Gasteiger partial charge in [0.05, 0.1) is 0 Å². The summed E-state index contributed by atoms with van der Waals surface area (Å²) in [5.74, 6) is 0. The highest BCUT2D eigenvalue weighted by molar-refractivity contribution is 6.35. The molecule has 0 aliphatic rings. The Morgan fingerprint density at radius 3 is 0.840 bits per heavy atom. The van der Waals surface area contributed by atoms with E-state index in [1.807, 2.05) is 0 Å². The van der Waals surface area contributed by atoms with E-state index < -0.39 is 0 Å². The lowest BCUT2D eigenvalue weighted by Crippen LogP contribution is -1.90. The van der Waals surface area contributed by atoms with Crippen molar-refractivity contribution >= 4 is 9.52 Å². The largest absolute Gasteiger partial charge is 0.0654 e. The van der Waals surface area contributed by atoms with E-state index in [1.54, 1.807) is 24.9 Å². The summed E-state index contributed by atoms with van der Waals surface area (Å²) in [6.45, 7) is 4.61. The van der Waals surface area contributed by atoms with Gasteiger partial charge < -0.3 is 0 Å². The Hall–Kier alpha value is 0.217. The van der Waals surface area contributed by atoms with Crippen molar-refractivity contribution in [2.75, 3.05) is 0 Å². The molecule has 0 aromatic rings. The molecular weight excluding hydrogens is 316 g/mol. The zero-order chi connectivity index (χ0) is 18.3. The van der Waals surface area contributed by atoms with Gasteiger partial charge in [0.1, 0.15) is 0 Å². The van der Waals surface area contributed by atoms with E-state index in [1.165, 1.54) is 116 Å². The number of hydrogen-bond donors (Lipinski definition) is 0. The SMILES string of the molecule is CCCCCCCCCCCC[SiH2]CCCCCCCCCCCC. The van der Waals surface area contributed by atoms with Gasteiger partial charge in [0, 0.05) is 9.52 Å². The molecule has 0 saturated heterocycles. The summed E-state index contributed by atoms with van der Waals surface area (Å²) >= 11 is 0. The summed E-state index contributed by atoms with van der Waals surface area (Å²) in [5.41, 5.74) is 0. The van der Waals surface area contributed by atoms with Crippen molar-refractivity contribution < 1.29 is 0 Å². The number of hydrogen-bond acceptors (Lipinski definition) is 0. The fourth-order valence-corrected chi connectivity index (χ4v) is 5.63. The molecule has 0 aliphatic carbocycles. The van der Waals surface area contributed by atoms with Crippen LogP contribution in [0.2, 0.25) is 12.1 Å². The molecule has 1 heteroatoms. The zero-order valence-corrected chi connectivity index (χ0v) is 19.7. The van der Waals surface area contributed by atoms with Gasteiger partial charge in [-0.3, -0.25) is 0 Å². The molecule has 0 unspecified atom stereocenters. The van der Waals surface area contributed by atoms with Crippen molar-refractivity contribution in [2.24, 2.45) is 0 Å². The van der Waals surface area contributed by atoms with E-state index in [0.29, 0.717) is 9.52 Å². The van der Waals surface area contributed by atoms with Crippen LogP contribution in [0.1, 0.15) is 142 Å². The molecule has 0 aliphatic heterocycles. The first kappa shape index (κ1) is 25.2. The molecule has 25 heavy (non-hydrogen) atoms. The van der Waals surface area contributed by atoms with Crippen LogP contribution in [0.15, 0.2) is 0 Å². The minimum Gasteiger partial charge on any atom is -0.0654 e. The molecule has 0 N–H and O–H groups in total. The molecule has 0 spiro atoms. The lowest BCUT2D eigenvalue weighted by molar-refractivity contribution is 0.560. The Balaban J connectivity index is 2.94. The fourth-order valence-electron chi connectivity index (χ4n) is 3.86. The predicted molar refractivity (Wildman–Crippen MR) is 122 cm³/mol. The van der Waals surface area contributed by atoms with Gasteiger partial charge in [0.15, 0.2) is 0 Å². The van der Waals surface area contributed by atoms with Crippen molar-refractivity contribution in [3.63, 3.8) is 0 Å². The van der Waals surface area contributed by atoms with Crippen molar-refractivity contribution in [1.82, 2.24) is 0 Å². The van der Waals surface area contributed by atoms with Crippen LogP contribution in [0.3, 0.4) is 0 Å². The van der Waals surface area contributed by atoms with Gasteiger partial charge in [-0.2, -0.15) is 0 Å². The van der Waals surface area contributed by atoms with Gasteiger partial charge in [-0.15, -0.1) is 0 Å². The van der Waals surface area contributed by atoms with E-state index in [4.69, 9.17) is 0 Å². The van der Waals surface area contributed by atoms with Crippen LogP contribution >= 0.6 is 0 Å². The maximum atomic E-state index is 2.31. The van der Waals surface area contributed by atoms with Crippen LogP contribution < -0.4 is 0 Å². The first-order valence-corrected chi connectivity index (χ1v) is 14.4. The minimum atomic E-state index is 0.304. The molecule has 0 bridgehead atoms. The monoisotopic (exact) mass is 368 g/mol. The number of rotatable bonds is 22. The van der Waals surface area contributed by atoms with Crippen molar-refractivity contribution in [3.8, 4) is 0 Å². The molecule has 0 heterocycles. The van der Waals surface area contributed by atoms with Crippen LogP contribution in [0.4, 0.5) is 0 Å². The third-order valence-electron chi connectivity index (χ3n) is 5.71. The highest BCUT2D eigenvalue weighted by atomic mass is 28.2. The topological polar surface area (TPSA) is 0 Å². The summed E-state index contributed by atoms with van der Waals surface area (Å²) in [6.07, 6.45) is 29.8. The first-order valence-electron chi connectivity index (χ1n) is 12.4. The van der Waals surface area contributed by atoms with Gasteiger partial charge in [0.25, 0.3) is 0 Å². The van der Waals surface area contributed by atoms with E-state index in [0.717, 1.165) is 0 Å². The molecule has 0 amide bonds.